The number of ether oxygens (including phenoxy) is 1. The van der Waals surface area contributed by atoms with Crippen LogP contribution in [0.3, 0.4) is 0 Å². The number of halogens is 2. The SMILES string of the molecule is CCOc1c(Br)cc(Cl)cc1NC(C)C1(C)CC1. The number of benzene rings is 1. The molecule has 1 unspecified atom stereocenters. The van der Waals surface area contributed by atoms with E-state index in [0.29, 0.717) is 23.1 Å². The maximum atomic E-state index is 6.11. The molecule has 1 N–H and O–H groups in total. The third kappa shape index (κ3) is 2.94. The summed E-state index contributed by atoms with van der Waals surface area (Å²) in [6.07, 6.45) is 2.57. The smallest absolute Gasteiger partial charge is 0.156 e. The van der Waals surface area contributed by atoms with Crippen molar-refractivity contribution in [2.45, 2.75) is 39.7 Å². The minimum atomic E-state index is 0.415. The molecule has 0 amide bonds. The van der Waals surface area contributed by atoms with Crippen molar-refractivity contribution in [3.8, 4) is 5.75 Å². The highest BCUT2D eigenvalue weighted by molar-refractivity contribution is 9.10. The highest BCUT2D eigenvalue weighted by Gasteiger charge is 2.42. The fraction of sp³-hybridized carbons (Fsp3) is 0.571. The predicted molar refractivity (Wildman–Crippen MR) is 80.7 cm³/mol. The minimum Gasteiger partial charge on any atom is -0.491 e. The average Bonchev–Trinajstić information content (AvgIpc) is 3.03. The first-order chi connectivity index (χ1) is 8.46. The van der Waals surface area contributed by atoms with E-state index in [1.165, 1.54) is 12.8 Å². The third-order valence-electron chi connectivity index (χ3n) is 3.75. The first-order valence-electron chi connectivity index (χ1n) is 6.34. The summed E-state index contributed by atoms with van der Waals surface area (Å²) in [5.74, 6) is 0.845. The van der Waals surface area contributed by atoms with E-state index >= 15 is 0 Å². The van der Waals surface area contributed by atoms with Crippen LogP contribution in [0.25, 0.3) is 0 Å². The van der Waals surface area contributed by atoms with Crippen molar-refractivity contribution in [3.05, 3.63) is 21.6 Å². The van der Waals surface area contributed by atoms with Gasteiger partial charge in [-0.3, -0.25) is 0 Å². The van der Waals surface area contributed by atoms with Gasteiger partial charge in [0.2, 0.25) is 0 Å². The van der Waals surface area contributed by atoms with E-state index in [-0.39, 0.29) is 0 Å². The van der Waals surface area contributed by atoms with E-state index in [0.717, 1.165) is 15.9 Å². The second-order valence-electron chi connectivity index (χ2n) is 5.22. The molecule has 0 aromatic heterocycles. The second kappa shape index (κ2) is 5.30. The van der Waals surface area contributed by atoms with Gasteiger partial charge in [-0.25, -0.2) is 0 Å². The summed E-state index contributed by atoms with van der Waals surface area (Å²) in [6.45, 7) is 7.15. The summed E-state index contributed by atoms with van der Waals surface area (Å²) in [5, 5.41) is 4.25. The van der Waals surface area contributed by atoms with Crippen LogP contribution in [0, 0.1) is 5.41 Å². The van der Waals surface area contributed by atoms with Crippen molar-refractivity contribution in [3.63, 3.8) is 0 Å². The minimum absolute atomic E-state index is 0.415. The van der Waals surface area contributed by atoms with Gasteiger partial charge in [-0.1, -0.05) is 18.5 Å². The fourth-order valence-electron chi connectivity index (χ4n) is 2.00. The molecule has 0 spiro atoms. The van der Waals surface area contributed by atoms with Gasteiger partial charge >= 0.3 is 0 Å². The Morgan fingerprint density at radius 2 is 2.17 bits per heavy atom. The molecule has 0 aliphatic heterocycles. The van der Waals surface area contributed by atoms with Crippen LogP contribution >= 0.6 is 27.5 Å². The van der Waals surface area contributed by atoms with Gasteiger partial charge in [-0.15, -0.1) is 0 Å². The van der Waals surface area contributed by atoms with Gasteiger partial charge < -0.3 is 10.1 Å². The lowest BCUT2D eigenvalue weighted by Gasteiger charge is -2.24. The average molecular weight is 333 g/mol. The Balaban J connectivity index is 2.24. The van der Waals surface area contributed by atoms with Crippen molar-refractivity contribution < 1.29 is 4.74 Å². The normalized spacial score (nSPS) is 18.3. The molecule has 1 aliphatic carbocycles. The number of nitrogens with one attached hydrogen (secondary N) is 1. The van der Waals surface area contributed by atoms with Crippen molar-refractivity contribution >= 4 is 33.2 Å². The number of hydrogen-bond donors (Lipinski definition) is 1. The molecule has 0 heterocycles. The number of rotatable bonds is 5. The van der Waals surface area contributed by atoms with Gasteiger partial charge in [0.1, 0.15) is 0 Å². The van der Waals surface area contributed by atoms with Crippen molar-refractivity contribution in [1.29, 1.82) is 0 Å². The molecule has 18 heavy (non-hydrogen) atoms. The highest BCUT2D eigenvalue weighted by Crippen LogP contribution is 2.49. The van der Waals surface area contributed by atoms with Crippen LogP contribution in [0.4, 0.5) is 5.69 Å². The fourth-order valence-corrected chi connectivity index (χ4v) is 2.92. The lowest BCUT2D eigenvalue weighted by Crippen LogP contribution is -2.25. The van der Waals surface area contributed by atoms with Crippen molar-refractivity contribution in [2.75, 3.05) is 11.9 Å². The lowest BCUT2D eigenvalue weighted by molar-refractivity contribution is 0.338. The number of hydrogen-bond acceptors (Lipinski definition) is 2. The summed E-state index contributed by atoms with van der Waals surface area (Å²) in [7, 11) is 0. The first-order valence-corrected chi connectivity index (χ1v) is 7.52. The van der Waals surface area contributed by atoms with E-state index in [9.17, 15) is 0 Å². The molecule has 1 aliphatic rings. The van der Waals surface area contributed by atoms with Gasteiger partial charge in [0.25, 0.3) is 0 Å². The van der Waals surface area contributed by atoms with Gasteiger partial charge in [0.15, 0.2) is 5.75 Å². The van der Waals surface area contributed by atoms with Gasteiger partial charge in [0, 0.05) is 11.1 Å². The summed E-state index contributed by atoms with van der Waals surface area (Å²) in [5.41, 5.74) is 1.38. The van der Waals surface area contributed by atoms with Crippen LogP contribution in [0.15, 0.2) is 16.6 Å². The van der Waals surface area contributed by atoms with Crippen LogP contribution < -0.4 is 10.1 Å². The maximum absolute atomic E-state index is 6.11. The van der Waals surface area contributed by atoms with E-state index in [2.05, 4.69) is 35.1 Å². The predicted octanol–water partition coefficient (Wildman–Crippen LogP) is 5.10. The van der Waals surface area contributed by atoms with Gasteiger partial charge in [-0.2, -0.15) is 0 Å². The van der Waals surface area contributed by atoms with E-state index in [1.54, 1.807) is 0 Å². The molecule has 100 valence electrons. The van der Waals surface area contributed by atoms with Crippen molar-refractivity contribution in [2.24, 2.45) is 5.41 Å². The summed E-state index contributed by atoms with van der Waals surface area (Å²) in [6, 6.07) is 4.21. The molecular weight excluding hydrogens is 314 g/mol. The summed E-state index contributed by atoms with van der Waals surface area (Å²) >= 11 is 9.62. The Labute approximate surface area is 122 Å². The second-order valence-corrected chi connectivity index (χ2v) is 6.51. The molecule has 0 saturated heterocycles. The summed E-state index contributed by atoms with van der Waals surface area (Å²) in [4.78, 5) is 0. The third-order valence-corrected chi connectivity index (χ3v) is 4.56. The van der Waals surface area contributed by atoms with Crippen LogP contribution in [-0.4, -0.2) is 12.6 Å². The number of anilines is 1. The first kappa shape index (κ1) is 14.0. The molecule has 0 bridgehead atoms. The Morgan fingerprint density at radius 1 is 1.50 bits per heavy atom. The molecular formula is C14H19BrClNO. The molecule has 1 aromatic carbocycles. The van der Waals surface area contributed by atoms with E-state index < -0.39 is 0 Å². The highest BCUT2D eigenvalue weighted by atomic mass is 79.9. The Bertz CT molecular complexity index is 446. The maximum Gasteiger partial charge on any atom is 0.156 e. The quantitative estimate of drug-likeness (QED) is 0.809. The summed E-state index contributed by atoms with van der Waals surface area (Å²) < 4.78 is 6.58. The van der Waals surface area contributed by atoms with Crippen LogP contribution in [0.2, 0.25) is 5.02 Å². The molecule has 0 radical (unpaired) electrons. The van der Waals surface area contributed by atoms with Gasteiger partial charge in [-0.05, 0) is 60.2 Å². The molecule has 1 atom stereocenters. The molecule has 1 aromatic rings. The molecule has 2 nitrogen and oxygen atoms in total. The zero-order chi connectivity index (χ0) is 13.3. The molecule has 2 rings (SSSR count). The van der Waals surface area contributed by atoms with Gasteiger partial charge in [0.05, 0.1) is 16.8 Å². The lowest BCUT2D eigenvalue weighted by atomic mass is 10.0. The molecule has 4 heteroatoms. The molecule has 1 fully saturated rings. The monoisotopic (exact) mass is 331 g/mol. The van der Waals surface area contributed by atoms with Crippen LogP contribution in [0.5, 0.6) is 5.75 Å². The van der Waals surface area contributed by atoms with Crippen LogP contribution in [0.1, 0.15) is 33.6 Å². The molecule has 1 saturated carbocycles. The standard InChI is InChI=1S/C14H19BrClNO/c1-4-18-13-11(15)7-10(16)8-12(13)17-9(2)14(3)5-6-14/h7-9,17H,4-6H2,1-3H3. The zero-order valence-electron chi connectivity index (χ0n) is 11.0. The topological polar surface area (TPSA) is 21.3 Å². The Kier molecular flexibility index (Phi) is 4.12. The van der Waals surface area contributed by atoms with Crippen LogP contribution in [-0.2, 0) is 0 Å². The largest absolute Gasteiger partial charge is 0.491 e. The Morgan fingerprint density at radius 3 is 2.72 bits per heavy atom. The zero-order valence-corrected chi connectivity index (χ0v) is 13.4. The van der Waals surface area contributed by atoms with Crippen molar-refractivity contribution in [1.82, 2.24) is 0 Å². The van der Waals surface area contributed by atoms with E-state index in [1.807, 2.05) is 19.1 Å². The Hall–Kier alpha value is -0.410. The van der Waals surface area contributed by atoms with E-state index in [4.69, 9.17) is 16.3 Å².